The van der Waals surface area contributed by atoms with E-state index in [2.05, 4.69) is 25.6 Å². The van der Waals surface area contributed by atoms with Gasteiger partial charge in [0.2, 0.25) is 12.7 Å². The van der Waals surface area contributed by atoms with Gasteiger partial charge in [-0.15, -0.1) is 0 Å². The Morgan fingerprint density at radius 3 is 2.91 bits per heavy atom. The maximum absolute atomic E-state index is 12.5. The number of carbonyl (C=O) groups is 1. The third-order valence-electron chi connectivity index (χ3n) is 4.98. The molecule has 0 saturated heterocycles. The maximum atomic E-state index is 12.5. The molecule has 0 atom stereocenters. The van der Waals surface area contributed by atoms with Crippen LogP contribution in [-0.4, -0.2) is 32.2 Å². The first kappa shape index (κ1) is 20.8. The lowest BCUT2D eigenvalue weighted by Crippen LogP contribution is -2.23. The number of imidazole rings is 1. The van der Waals surface area contributed by atoms with Crippen molar-refractivity contribution >= 4 is 29.1 Å². The van der Waals surface area contributed by atoms with Crippen molar-refractivity contribution in [3.63, 3.8) is 0 Å². The van der Waals surface area contributed by atoms with Crippen molar-refractivity contribution < 1.29 is 14.3 Å². The molecule has 0 fully saturated rings. The van der Waals surface area contributed by atoms with Crippen molar-refractivity contribution in [3.8, 4) is 17.3 Å². The van der Waals surface area contributed by atoms with Crippen LogP contribution in [0.25, 0.3) is 5.82 Å². The number of rotatable bonds is 6. The number of amides is 1. The Morgan fingerprint density at radius 2 is 2.03 bits per heavy atom. The number of halogens is 1. The van der Waals surface area contributed by atoms with Gasteiger partial charge >= 0.3 is 0 Å². The summed E-state index contributed by atoms with van der Waals surface area (Å²) in [7, 11) is 0. The fourth-order valence-electron chi connectivity index (χ4n) is 3.33. The minimum absolute atomic E-state index is 0.208. The predicted octanol–water partition coefficient (Wildman–Crippen LogP) is 4.03. The van der Waals surface area contributed by atoms with E-state index in [4.69, 9.17) is 21.1 Å². The number of aromatic nitrogens is 4. The lowest BCUT2D eigenvalue weighted by atomic mass is 10.2. The summed E-state index contributed by atoms with van der Waals surface area (Å²) in [5, 5.41) is 6.63. The van der Waals surface area contributed by atoms with Crippen molar-refractivity contribution in [1.82, 2.24) is 24.8 Å². The predicted molar refractivity (Wildman–Crippen MR) is 122 cm³/mol. The second-order valence-corrected chi connectivity index (χ2v) is 7.81. The van der Waals surface area contributed by atoms with Crippen LogP contribution in [0.2, 0.25) is 5.02 Å². The average Bonchev–Trinajstić information content (AvgIpc) is 3.48. The van der Waals surface area contributed by atoms with Gasteiger partial charge in [0, 0.05) is 41.3 Å². The van der Waals surface area contributed by atoms with E-state index in [1.165, 1.54) is 0 Å². The molecule has 1 aliphatic rings. The monoisotopic (exact) mass is 462 g/mol. The van der Waals surface area contributed by atoms with Crippen LogP contribution in [-0.2, 0) is 6.54 Å². The Morgan fingerprint density at radius 1 is 1.15 bits per heavy atom. The molecule has 33 heavy (non-hydrogen) atoms. The molecular formula is C23H19ClN6O3. The highest BCUT2D eigenvalue weighted by Crippen LogP contribution is 2.34. The fraction of sp³-hybridized carbons (Fsp3) is 0.130. The third-order valence-corrected chi connectivity index (χ3v) is 5.21. The summed E-state index contributed by atoms with van der Waals surface area (Å²) in [5.41, 5.74) is 2.77. The van der Waals surface area contributed by atoms with Gasteiger partial charge in [-0.3, -0.25) is 9.36 Å². The summed E-state index contributed by atoms with van der Waals surface area (Å²) in [5.74, 6) is 2.07. The van der Waals surface area contributed by atoms with E-state index in [9.17, 15) is 4.79 Å². The van der Waals surface area contributed by atoms with Crippen molar-refractivity contribution in [3.05, 3.63) is 83.0 Å². The molecule has 1 amide bonds. The number of nitrogens with one attached hydrogen (secondary N) is 2. The van der Waals surface area contributed by atoms with Crippen molar-refractivity contribution in [2.75, 3.05) is 12.1 Å². The molecule has 0 saturated carbocycles. The lowest BCUT2D eigenvalue weighted by molar-refractivity contribution is 0.0946. The molecule has 3 heterocycles. The van der Waals surface area contributed by atoms with Gasteiger partial charge in [-0.05, 0) is 36.8 Å². The standard InChI is InChI=1S/C23H19ClN6O3/c1-14-9-26-23(28-17-5-6-19-20(8-17)33-13-32-19)29-21(14)30-11-18(27-12-30)22(31)25-10-15-3-2-4-16(24)7-15/h2-9,11-12H,10,13H2,1H3,(H,25,31)(H,26,28,29). The van der Waals surface area contributed by atoms with Crippen LogP contribution in [0.1, 0.15) is 21.6 Å². The van der Waals surface area contributed by atoms with Crippen LogP contribution < -0.4 is 20.1 Å². The van der Waals surface area contributed by atoms with Gasteiger partial charge in [0.1, 0.15) is 17.8 Å². The molecule has 5 rings (SSSR count). The number of carbonyl (C=O) groups excluding carboxylic acids is 1. The van der Waals surface area contributed by atoms with Crippen molar-refractivity contribution in [2.24, 2.45) is 0 Å². The smallest absolute Gasteiger partial charge is 0.271 e. The minimum atomic E-state index is -0.292. The minimum Gasteiger partial charge on any atom is -0.454 e. The molecule has 2 N–H and O–H groups in total. The first-order valence-electron chi connectivity index (χ1n) is 10.1. The Labute approximate surface area is 194 Å². The summed E-state index contributed by atoms with van der Waals surface area (Å²) in [6.45, 7) is 2.45. The Bertz CT molecular complexity index is 1340. The van der Waals surface area contributed by atoms with Gasteiger partial charge < -0.3 is 20.1 Å². The average molecular weight is 463 g/mol. The molecule has 0 unspecified atom stereocenters. The molecule has 0 bridgehead atoms. The van der Waals surface area contributed by atoms with E-state index < -0.39 is 0 Å². The van der Waals surface area contributed by atoms with Gasteiger partial charge in [-0.2, -0.15) is 4.98 Å². The molecular weight excluding hydrogens is 444 g/mol. The normalized spacial score (nSPS) is 11.9. The van der Waals surface area contributed by atoms with Crippen LogP contribution >= 0.6 is 11.6 Å². The summed E-state index contributed by atoms with van der Waals surface area (Å²) in [4.78, 5) is 25.7. The van der Waals surface area contributed by atoms with E-state index in [1.54, 1.807) is 35.4 Å². The molecule has 2 aromatic carbocycles. The number of hydrogen-bond acceptors (Lipinski definition) is 7. The quantitative estimate of drug-likeness (QED) is 0.446. The molecule has 0 aliphatic carbocycles. The molecule has 166 valence electrons. The number of nitrogens with zero attached hydrogens (tertiary/aromatic N) is 4. The van der Waals surface area contributed by atoms with E-state index in [0.717, 1.165) is 16.8 Å². The highest BCUT2D eigenvalue weighted by molar-refractivity contribution is 6.30. The molecule has 10 heteroatoms. The molecule has 2 aromatic heterocycles. The maximum Gasteiger partial charge on any atom is 0.271 e. The number of aryl methyl sites for hydroxylation is 1. The molecule has 4 aromatic rings. The summed E-state index contributed by atoms with van der Waals surface area (Å²) in [6.07, 6.45) is 4.89. The Balaban J connectivity index is 1.31. The zero-order chi connectivity index (χ0) is 22.8. The van der Waals surface area contributed by atoms with E-state index >= 15 is 0 Å². The molecule has 9 nitrogen and oxygen atoms in total. The van der Waals surface area contributed by atoms with Crippen molar-refractivity contribution in [1.29, 1.82) is 0 Å². The number of ether oxygens (including phenoxy) is 2. The fourth-order valence-corrected chi connectivity index (χ4v) is 3.55. The second kappa shape index (κ2) is 8.79. The Hall–Kier alpha value is -4.11. The number of anilines is 2. The van der Waals surface area contributed by atoms with Crippen LogP contribution in [0.4, 0.5) is 11.6 Å². The van der Waals surface area contributed by atoms with Gasteiger partial charge in [0.05, 0.1) is 0 Å². The molecule has 1 aliphatic heterocycles. The number of benzene rings is 2. The van der Waals surface area contributed by atoms with Crippen LogP contribution in [0.5, 0.6) is 11.5 Å². The largest absolute Gasteiger partial charge is 0.454 e. The summed E-state index contributed by atoms with van der Waals surface area (Å²) >= 11 is 5.99. The zero-order valence-corrected chi connectivity index (χ0v) is 18.3. The second-order valence-electron chi connectivity index (χ2n) is 7.37. The topological polar surface area (TPSA) is 103 Å². The van der Waals surface area contributed by atoms with Gasteiger partial charge in [0.15, 0.2) is 11.5 Å². The van der Waals surface area contributed by atoms with E-state index in [0.29, 0.717) is 34.8 Å². The van der Waals surface area contributed by atoms with Crippen LogP contribution in [0, 0.1) is 6.92 Å². The zero-order valence-electron chi connectivity index (χ0n) is 17.6. The van der Waals surface area contributed by atoms with Crippen LogP contribution in [0.3, 0.4) is 0 Å². The highest BCUT2D eigenvalue weighted by Gasteiger charge is 2.15. The molecule has 0 spiro atoms. The van der Waals surface area contributed by atoms with Crippen molar-refractivity contribution in [2.45, 2.75) is 13.5 Å². The summed E-state index contributed by atoms with van der Waals surface area (Å²) in [6, 6.07) is 12.8. The van der Waals surface area contributed by atoms with Crippen LogP contribution in [0.15, 0.2) is 61.2 Å². The van der Waals surface area contributed by atoms with E-state index in [-0.39, 0.29) is 18.4 Å². The first-order chi connectivity index (χ1) is 16.0. The number of fused-ring (bicyclic) bond motifs is 1. The van der Waals surface area contributed by atoms with E-state index in [1.807, 2.05) is 37.3 Å². The number of hydrogen-bond donors (Lipinski definition) is 2. The highest BCUT2D eigenvalue weighted by atomic mass is 35.5. The third kappa shape index (κ3) is 4.58. The first-order valence-corrected chi connectivity index (χ1v) is 10.5. The summed E-state index contributed by atoms with van der Waals surface area (Å²) < 4.78 is 12.4. The van der Waals surface area contributed by atoms with Gasteiger partial charge in [0.25, 0.3) is 5.91 Å². The van der Waals surface area contributed by atoms with Gasteiger partial charge in [-0.1, -0.05) is 23.7 Å². The lowest BCUT2D eigenvalue weighted by Gasteiger charge is -2.10. The van der Waals surface area contributed by atoms with Gasteiger partial charge in [-0.25, -0.2) is 9.97 Å². The SMILES string of the molecule is Cc1cnc(Nc2ccc3c(c2)OCO3)nc1-n1cnc(C(=O)NCc2cccc(Cl)c2)c1. The Kier molecular flexibility index (Phi) is 5.54. The molecule has 0 radical (unpaired) electrons.